The number of ketones is 1. The molecule has 0 bridgehead atoms. The molecule has 1 aliphatic heterocycles. The maximum Gasteiger partial charge on any atom is 0.184 e. The highest BCUT2D eigenvalue weighted by Crippen LogP contribution is 2.69. The summed E-state index contributed by atoms with van der Waals surface area (Å²) in [5.74, 6) is 1.63. The molecule has 172 valence electrons. The first-order valence-electron chi connectivity index (χ1n) is 12.1. The minimum atomic E-state index is -0.393. The molecule has 5 rings (SSSR count). The van der Waals surface area contributed by atoms with Gasteiger partial charge in [0.15, 0.2) is 5.78 Å². The van der Waals surface area contributed by atoms with Crippen molar-refractivity contribution >= 4 is 5.78 Å². The van der Waals surface area contributed by atoms with Gasteiger partial charge in [0.2, 0.25) is 0 Å². The second-order valence-electron chi connectivity index (χ2n) is 11.6. The molecule has 5 heteroatoms. The van der Waals surface area contributed by atoms with Crippen molar-refractivity contribution in [3.8, 4) is 0 Å². The van der Waals surface area contributed by atoms with Crippen molar-refractivity contribution in [2.45, 2.75) is 64.9 Å². The smallest absolute Gasteiger partial charge is 0.184 e. The molecule has 0 spiro atoms. The van der Waals surface area contributed by atoms with Gasteiger partial charge in [0.05, 0.1) is 25.6 Å². The van der Waals surface area contributed by atoms with Crippen LogP contribution in [0.2, 0.25) is 0 Å². The molecule has 0 amide bonds. The predicted molar refractivity (Wildman–Crippen MR) is 117 cm³/mol. The minimum Gasteiger partial charge on any atom is -0.515 e. The lowest BCUT2D eigenvalue weighted by Gasteiger charge is -2.61. The van der Waals surface area contributed by atoms with Crippen molar-refractivity contribution in [3.05, 3.63) is 23.5 Å². The third kappa shape index (κ3) is 2.95. The number of rotatable bonds is 3. The number of hydrogen-bond donors (Lipinski definition) is 2. The second-order valence-corrected chi connectivity index (χ2v) is 11.6. The molecule has 8 atom stereocenters. The van der Waals surface area contributed by atoms with Gasteiger partial charge in [0.1, 0.15) is 0 Å². The lowest BCUT2D eigenvalue weighted by molar-refractivity contribution is -0.145. The van der Waals surface area contributed by atoms with Gasteiger partial charge >= 0.3 is 0 Å². The number of carbonyl (C=O) groups excluding carboxylic acids is 1. The Morgan fingerprint density at radius 2 is 2.10 bits per heavy atom. The zero-order chi connectivity index (χ0) is 22.0. The van der Waals surface area contributed by atoms with Gasteiger partial charge in [-0.3, -0.25) is 4.79 Å². The van der Waals surface area contributed by atoms with E-state index in [-0.39, 0.29) is 27.9 Å². The van der Waals surface area contributed by atoms with E-state index in [9.17, 15) is 15.0 Å². The maximum atomic E-state index is 12.4. The largest absolute Gasteiger partial charge is 0.515 e. The molecular weight excluding hydrogens is 392 g/mol. The highest BCUT2D eigenvalue weighted by Gasteiger charge is 2.65. The fourth-order valence-corrected chi connectivity index (χ4v) is 9.19. The van der Waals surface area contributed by atoms with Crippen molar-refractivity contribution in [2.75, 3.05) is 26.9 Å². The van der Waals surface area contributed by atoms with Gasteiger partial charge in [-0.1, -0.05) is 19.4 Å². The Balaban J connectivity index is 1.50. The monoisotopic (exact) mass is 430 g/mol. The van der Waals surface area contributed by atoms with Crippen molar-refractivity contribution in [1.82, 2.24) is 0 Å². The van der Waals surface area contributed by atoms with E-state index >= 15 is 0 Å². The standard InChI is InChI=1S/C26H38O5/c1-24-11-16(13-27)20(28)10-17(24)4-5-18-19-6-7-22(25(19,2)12-21(29)23(18)24)26(14-30-3)8-9-31-15-26/h10,13,18-19,21-23,27,29H,4-9,11-12,14-15H2,1-3H3/b16-13-. The third-order valence-electron chi connectivity index (χ3n) is 10.3. The van der Waals surface area contributed by atoms with Gasteiger partial charge in [0.25, 0.3) is 0 Å². The average molecular weight is 431 g/mol. The fraction of sp³-hybridized carbons (Fsp3) is 0.808. The molecule has 0 aromatic heterocycles. The first kappa shape index (κ1) is 21.7. The first-order chi connectivity index (χ1) is 14.8. The van der Waals surface area contributed by atoms with Crippen molar-refractivity contribution in [2.24, 2.45) is 39.9 Å². The molecule has 5 aliphatic rings. The summed E-state index contributed by atoms with van der Waals surface area (Å²) in [5, 5.41) is 21.3. The molecule has 0 aromatic rings. The van der Waals surface area contributed by atoms with Crippen LogP contribution >= 0.6 is 0 Å². The van der Waals surface area contributed by atoms with Crippen LogP contribution in [0.1, 0.15) is 58.8 Å². The van der Waals surface area contributed by atoms with Crippen LogP contribution in [0.3, 0.4) is 0 Å². The van der Waals surface area contributed by atoms with E-state index in [4.69, 9.17) is 9.47 Å². The summed E-state index contributed by atoms with van der Waals surface area (Å²) >= 11 is 0. The van der Waals surface area contributed by atoms with E-state index in [1.165, 1.54) is 18.4 Å². The summed E-state index contributed by atoms with van der Waals surface area (Å²) in [6.07, 6.45) is 9.12. The van der Waals surface area contributed by atoms with Gasteiger partial charge < -0.3 is 19.7 Å². The van der Waals surface area contributed by atoms with E-state index in [1.807, 2.05) is 0 Å². The molecule has 0 radical (unpaired) electrons. The molecule has 0 aromatic carbocycles. The third-order valence-corrected chi connectivity index (χ3v) is 10.3. The van der Waals surface area contributed by atoms with Gasteiger partial charge in [-0.2, -0.15) is 0 Å². The number of fused-ring (bicyclic) bond motifs is 5. The van der Waals surface area contributed by atoms with E-state index < -0.39 is 6.10 Å². The zero-order valence-corrected chi connectivity index (χ0v) is 19.2. The van der Waals surface area contributed by atoms with Crippen LogP contribution in [0.15, 0.2) is 23.5 Å². The quantitative estimate of drug-likeness (QED) is 0.518. The lowest BCUT2D eigenvalue weighted by Crippen LogP contribution is -2.58. The van der Waals surface area contributed by atoms with Crippen molar-refractivity contribution < 1.29 is 24.5 Å². The first-order valence-corrected chi connectivity index (χ1v) is 12.1. The Bertz CT molecular complexity index is 809. The number of aliphatic hydroxyl groups excluding tert-OH is 2. The normalized spacial score (nSPS) is 50.7. The van der Waals surface area contributed by atoms with E-state index in [0.29, 0.717) is 29.7 Å². The van der Waals surface area contributed by atoms with E-state index in [2.05, 4.69) is 13.8 Å². The van der Waals surface area contributed by atoms with Gasteiger partial charge in [0, 0.05) is 24.7 Å². The molecule has 1 saturated heterocycles. The Kier molecular flexibility index (Phi) is 5.19. The summed E-state index contributed by atoms with van der Waals surface area (Å²) in [6, 6.07) is 0. The molecule has 1 heterocycles. The van der Waals surface area contributed by atoms with Crippen LogP contribution in [0, 0.1) is 39.9 Å². The predicted octanol–water partition coefficient (Wildman–Crippen LogP) is 4.21. The van der Waals surface area contributed by atoms with Crippen LogP contribution < -0.4 is 0 Å². The lowest BCUT2D eigenvalue weighted by atomic mass is 9.44. The van der Waals surface area contributed by atoms with Crippen LogP contribution in [-0.4, -0.2) is 49.0 Å². The van der Waals surface area contributed by atoms with Crippen LogP contribution in [0.5, 0.6) is 0 Å². The van der Waals surface area contributed by atoms with Crippen LogP contribution in [0.25, 0.3) is 0 Å². The zero-order valence-electron chi connectivity index (χ0n) is 19.2. The number of allylic oxidation sites excluding steroid dienone is 2. The molecule has 31 heavy (non-hydrogen) atoms. The van der Waals surface area contributed by atoms with Crippen LogP contribution in [-0.2, 0) is 14.3 Å². The topological polar surface area (TPSA) is 76.0 Å². The Morgan fingerprint density at radius 1 is 1.29 bits per heavy atom. The minimum absolute atomic E-state index is 0.0627. The average Bonchev–Trinajstić information content (AvgIpc) is 3.32. The highest BCUT2D eigenvalue weighted by molar-refractivity contribution is 6.05. The Labute approximate surface area is 185 Å². The summed E-state index contributed by atoms with van der Waals surface area (Å²) in [6.45, 7) is 6.98. The molecule has 2 N–H and O–H groups in total. The summed E-state index contributed by atoms with van der Waals surface area (Å²) in [4.78, 5) is 12.4. The SMILES string of the molecule is COCC1(C2CCC3C4CCC5=CC(=O)/C(=C\O)CC5(C)C4C(O)CC32C)CCOC1. The Morgan fingerprint density at radius 3 is 2.77 bits per heavy atom. The number of carbonyl (C=O) groups is 1. The van der Waals surface area contributed by atoms with Crippen molar-refractivity contribution in [1.29, 1.82) is 0 Å². The molecular formula is C26H38O5. The van der Waals surface area contributed by atoms with Gasteiger partial charge in [-0.15, -0.1) is 0 Å². The molecule has 4 aliphatic carbocycles. The van der Waals surface area contributed by atoms with Gasteiger partial charge in [-0.25, -0.2) is 0 Å². The summed E-state index contributed by atoms with van der Waals surface area (Å²) < 4.78 is 11.6. The maximum absolute atomic E-state index is 12.4. The number of hydrogen-bond acceptors (Lipinski definition) is 5. The molecule has 3 saturated carbocycles. The Hall–Kier alpha value is -1.17. The number of ether oxygens (including phenoxy) is 2. The van der Waals surface area contributed by atoms with Crippen LogP contribution in [0.4, 0.5) is 0 Å². The fourth-order valence-electron chi connectivity index (χ4n) is 9.19. The summed E-state index contributed by atoms with van der Waals surface area (Å²) in [7, 11) is 1.80. The second kappa shape index (κ2) is 7.43. The van der Waals surface area contributed by atoms with Crippen molar-refractivity contribution in [3.63, 3.8) is 0 Å². The van der Waals surface area contributed by atoms with Gasteiger partial charge in [-0.05, 0) is 85.5 Å². The highest BCUT2D eigenvalue weighted by atomic mass is 16.5. The molecule has 5 nitrogen and oxygen atoms in total. The number of aliphatic hydroxyl groups is 2. The van der Waals surface area contributed by atoms with E-state index in [1.54, 1.807) is 13.2 Å². The summed E-state index contributed by atoms with van der Waals surface area (Å²) in [5.41, 5.74) is 1.58. The molecule has 8 unspecified atom stereocenters. The number of methoxy groups -OCH3 is 1. The van der Waals surface area contributed by atoms with E-state index in [0.717, 1.165) is 51.8 Å². The molecule has 4 fully saturated rings.